The normalized spacial score (nSPS) is 14.8. The number of piperazine rings is 1. The van der Waals surface area contributed by atoms with Crippen molar-refractivity contribution in [1.82, 2.24) is 14.5 Å². The molecule has 1 aliphatic rings. The Morgan fingerprint density at radius 2 is 1.67 bits per heavy atom. The van der Waals surface area contributed by atoms with Crippen LogP contribution in [0.2, 0.25) is 0 Å². The molecule has 8 nitrogen and oxygen atoms in total. The summed E-state index contributed by atoms with van der Waals surface area (Å²) in [6.07, 6.45) is -4.86. The third-order valence-electron chi connectivity index (χ3n) is 4.30. The van der Waals surface area contributed by atoms with Gasteiger partial charge in [-0.05, 0) is 19.1 Å². The molecule has 0 atom stereocenters. The van der Waals surface area contributed by atoms with Crippen molar-refractivity contribution in [3.8, 4) is 0 Å². The summed E-state index contributed by atoms with van der Waals surface area (Å²) in [6.45, 7) is 7.25. The van der Waals surface area contributed by atoms with Crippen LogP contribution in [0.5, 0.6) is 0 Å². The number of halogens is 3. The van der Waals surface area contributed by atoms with E-state index in [0.29, 0.717) is 19.6 Å². The SMILES string of the molecule is CCN(CCC(=O)N1CCNCC1)S(=O)(=O)c1ccc(C)cc1.O=C(O)C(F)(F)F. The Morgan fingerprint density at radius 3 is 2.10 bits per heavy atom. The van der Waals surface area contributed by atoms with Crippen LogP contribution in [0.25, 0.3) is 0 Å². The standard InChI is InChI=1S/C16H25N3O3S.C2HF3O2/c1-3-19(11-8-16(20)18-12-9-17-10-13-18)23(21,22)15-6-4-14(2)5-7-15;3-2(4,5)1(6)7/h4-7,17H,3,8-13H2,1-2H3;(H,6,7). The van der Waals surface area contributed by atoms with Crippen LogP contribution in [0, 0.1) is 6.92 Å². The van der Waals surface area contributed by atoms with Gasteiger partial charge in [-0.3, -0.25) is 4.79 Å². The second kappa shape index (κ2) is 11.3. The van der Waals surface area contributed by atoms with E-state index < -0.39 is 22.2 Å². The predicted octanol–water partition coefficient (Wildman–Crippen LogP) is 1.46. The Morgan fingerprint density at radius 1 is 1.17 bits per heavy atom. The largest absolute Gasteiger partial charge is 0.490 e. The average Bonchev–Trinajstić information content (AvgIpc) is 2.69. The number of sulfonamides is 1. The van der Waals surface area contributed by atoms with E-state index >= 15 is 0 Å². The maximum absolute atomic E-state index is 12.7. The Kier molecular flexibility index (Phi) is 9.72. The minimum Gasteiger partial charge on any atom is -0.475 e. The molecule has 1 saturated heterocycles. The molecule has 2 N–H and O–H groups in total. The van der Waals surface area contributed by atoms with Crippen LogP contribution in [0.3, 0.4) is 0 Å². The van der Waals surface area contributed by atoms with E-state index in [-0.39, 0.29) is 23.8 Å². The number of carbonyl (C=O) groups is 2. The number of hydrogen-bond acceptors (Lipinski definition) is 5. The monoisotopic (exact) mass is 453 g/mol. The highest BCUT2D eigenvalue weighted by Gasteiger charge is 2.38. The van der Waals surface area contributed by atoms with Crippen LogP contribution in [-0.2, 0) is 19.6 Å². The second-order valence-electron chi connectivity index (χ2n) is 6.49. The van der Waals surface area contributed by atoms with Crippen LogP contribution >= 0.6 is 0 Å². The Hall–Kier alpha value is -2.18. The lowest BCUT2D eigenvalue weighted by molar-refractivity contribution is -0.192. The summed E-state index contributed by atoms with van der Waals surface area (Å²) in [5, 5.41) is 10.3. The fourth-order valence-corrected chi connectivity index (χ4v) is 4.05. The number of nitrogens with one attached hydrogen (secondary N) is 1. The molecule has 0 aliphatic carbocycles. The number of alkyl halides is 3. The first kappa shape index (κ1) is 25.9. The second-order valence-corrected chi connectivity index (χ2v) is 8.43. The summed E-state index contributed by atoms with van der Waals surface area (Å²) < 4.78 is 58.4. The first-order valence-electron chi connectivity index (χ1n) is 9.25. The first-order valence-corrected chi connectivity index (χ1v) is 10.7. The van der Waals surface area contributed by atoms with Crippen molar-refractivity contribution in [2.45, 2.75) is 31.3 Å². The first-order chi connectivity index (χ1) is 13.9. The average molecular weight is 453 g/mol. The van der Waals surface area contributed by atoms with E-state index in [1.165, 1.54) is 4.31 Å². The minimum absolute atomic E-state index is 0.0176. The van der Waals surface area contributed by atoms with E-state index in [0.717, 1.165) is 18.7 Å². The number of nitrogens with zero attached hydrogens (tertiary/aromatic N) is 2. The summed E-state index contributed by atoms with van der Waals surface area (Å²) in [5.41, 5.74) is 1.01. The quantitative estimate of drug-likeness (QED) is 0.676. The fraction of sp³-hybridized carbons (Fsp3) is 0.556. The van der Waals surface area contributed by atoms with Gasteiger partial charge in [-0.1, -0.05) is 24.6 Å². The van der Waals surface area contributed by atoms with Gasteiger partial charge in [0.05, 0.1) is 4.90 Å². The Balaban J connectivity index is 0.000000553. The molecule has 0 aromatic heterocycles. The molecule has 0 radical (unpaired) electrons. The molecule has 170 valence electrons. The van der Waals surface area contributed by atoms with E-state index in [9.17, 15) is 26.4 Å². The Labute approximate surface area is 173 Å². The van der Waals surface area contributed by atoms with Crippen molar-refractivity contribution in [1.29, 1.82) is 0 Å². The topological polar surface area (TPSA) is 107 Å². The molecule has 1 aromatic rings. The highest BCUT2D eigenvalue weighted by molar-refractivity contribution is 7.89. The lowest BCUT2D eigenvalue weighted by Crippen LogP contribution is -2.47. The summed E-state index contributed by atoms with van der Waals surface area (Å²) in [4.78, 5) is 23.2. The summed E-state index contributed by atoms with van der Waals surface area (Å²) >= 11 is 0. The van der Waals surface area contributed by atoms with E-state index in [1.807, 2.05) is 6.92 Å². The molecular weight excluding hydrogens is 427 g/mol. The maximum atomic E-state index is 12.7. The molecule has 30 heavy (non-hydrogen) atoms. The molecule has 0 unspecified atom stereocenters. The van der Waals surface area contributed by atoms with Crippen LogP contribution in [0.1, 0.15) is 18.9 Å². The number of carboxylic acids is 1. The van der Waals surface area contributed by atoms with Crippen molar-refractivity contribution < 1.29 is 36.3 Å². The fourth-order valence-electron chi connectivity index (χ4n) is 2.60. The summed E-state index contributed by atoms with van der Waals surface area (Å²) in [7, 11) is -3.54. The van der Waals surface area contributed by atoms with Crippen LogP contribution in [0.4, 0.5) is 13.2 Å². The zero-order valence-electron chi connectivity index (χ0n) is 16.8. The molecule has 1 aliphatic heterocycles. The molecule has 12 heteroatoms. The number of hydrogen-bond donors (Lipinski definition) is 2. The highest BCUT2D eigenvalue weighted by Crippen LogP contribution is 2.17. The molecule has 0 bridgehead atoms. The van der Waals surface area contributed by atoms with Crippen LogP contribution < -0.4 is 5.32 Å². The van der Waals surface area contributed by atoms with Gasteiger partial charge in [0.25, 0.3) is 0 Å². The van der Waals surface area contributed by atoms with E-state index in [4.69, 9.17) is 9.90 Å². The van der Waals surface area contributed by atoms with Gasteiger partial charge < -0.3 is 15.3 Å². The van der Waals surface area contributed by atoms with E-state index in [2.05, 4.69) is 5.32 Å². The number of rotatable bonds is 6. The zero-order chi connectivity index (χ0) is 22.9. The number of benzene rings is 1. The highest BCUT2D eigenvalue weighted by atomic mass is 32.2. The smallest absolute Gasteiger partial charge is 0.475 e. The molecule has 1 heterocycles. The van der Waals surface area contributed by atoms with E-state index in [1.54, 1.807) is 36.1 Å². The number of aliphatic carboxylic acids is 1. The van der Waals surface area contributed by atoms with Gasteiger partial charge in [0.1, 0.15) is 0 Å². The lowest BCUT2D eigenvalue weighted by atomic mass is 10.2. The molecule has 0 spiro atoms. The number of aryl methyl sites for hydroxylation is 1. The van der Waals surface area contributed by atoms with Crippen molar-refractivity contribution in [2.75, 3.05) is 39.3 Å². The molecule has 0 saturated carbocycles. The van der Waals surface area contributed by atoms with Crippen molar-refractivity contribution in [3.05, 3.63) is 29.8 Å². The Bertz CT molecular complexity index is 807. The third kappa shape index (κ3) is 7.92. The molecule has 2 rings (SSSR count). The van der Waals surface area contributed by atoms with Crippen LogP contribution in [0.15, 0.2) is 29.2 Å². The summed E-state index contributed by atoms with van der Waals surface area (Å²) in [6, 6.07) is 6.80. The zero-order valence-corrected chi connectivity index (χ0v) is 17.6. The van der Waals surface area contributed by atoms with Gasteiger partial charge in [-0.25, -0.2) is 13.2 Å². The molecule has 1 amide bonds. The minimum atomic E-state index is -5.08. The molecule has 1 fully saturated rings. The number of carbonyl (C=O) groups excluding carboxylic acids is 1. The van der Waals surface area contributed by atoms with Crippen LogP contribution in [-0.4, -0.2) is 80.1 Å². The number of amides is 1. The summed E-state index contributed by atoms with van der Waals surface area (Å²) in [5.74, 6) is -2.74. The van der Waals surface area contributed by atoms with Gasteiger partial charge in [0.2, 0.25) is 15.9 Å². The third-order valence-corrected chi connectivity index (χ3v) is 6.29. The van der Waals surface area contributed by atoms with Gasteiger partial charge in [-0.15, -0.1) is 0 Å². The molecular formula is C18H26F3N3O5S. The van der Waals surface area contributed by atoms with Gasteiger partial charge in [0.15, 0.2) is 0 Å². The van der Waals surface area contributed by atoms with Crippen molar-refractivity contribution in [2.24, 2.45) is 0 Å². The predicted molar refractivity (Wildman–Crippen MR) is 103 cm³/mol. The van der Waals surface area contributed by atoms with Gasteiger partial charge >= 0.3 is 12.1 Å². The number of carboxylic acid groups (broad SMARTS) is 1. The molecule has 1 aromatic carbocycles. The van der Waals surface area contributed by atoms with Crippen molar-refractivity contribution in [3.63, 3.8) is 0 Å². The lowest BCUT2D eigenvalue weighted by Gasteiger charge is -2.28. The van der Waals surface area contributed by atoms with Gasteiger partial charge in [0, 0.05) is 45.7 Å². The van der Waals surface area contributed by atoms with Crippen molar-refractivity contribution >= 4 is 21.9 Å². The van der Waals surface area contributed by atoms with Gasteiger partial charge in [-0.2, -0.15) is 17.5 Å². The maximum Gasteiger partial charge on any atom is 0.490 e.